The van der Waals surface area contributed by atoms with Crippen molar-refractivity contribution in [3.8, 4) is 11.5 Å². The summed E-state index contributed by atoms with van der Waals surface area (Å²) in [6.45, 7) is 3.89. The summed E-state index contributed by atoms with van der Waals surface area (Å²) in [6.07, 6.45) is 0.0525. The molecule has 0 saturated carbocycles. The highest BCUT2D eigenvalue weighted by Crippen LogP contribution is 2.21. The minimum atomic E-state index is -0.535. The molecule has 1 atom stereocenters. The number of hydrogen-bond donors (Lipinski definition) is 1. The second-order valence-electron chi connectivity index (χ2n) is 5.00. The standard InChI is InChI=1S/C18H21NO3/c1-4-16(22-17-11-6-5-8-13(17)2)18(20)19-14-9-7-10-15(12-14)21-3/h5-12,16H,4H2,1-3H3,(H,19,20)/t16-/m1/s1. The highest BCUT2D eigenvalue weighted by molar-refractivity contribution is 5.94. The van der Waals surface area contributed by atoms with Gasteiger partial charge in [-0.15, -0.1) is 0 Å². The van der Waals surface area contributed by atoms with Gasteiger partial charge in [0.15, 0.2) is 6.10 Å². The summed E-state index contributed by atoms with van der Waals surface area (Å²) < 4.78 is 11.0. The molecule has 4 nitrogen and oxygen atoms in total. The summed E-state index contributed by atoms with van der Waals surface area (Å²) >= 11 is 0. The first-order valence-corrected chi connectivity index (χ1v) is 7.31. The van der Waals surface area contributed by atoms with Crippen molar-refractivity contribution in [2.45, 2.75) is 26.4 Å². The van der Waals surface area contributed by atoms with Gasteiger partial charge in [0.25, 0.3) is 5.91 Å². The fourth-order valence-corrected chi connectivity index (χ4v) is 2.09. The third-order valence-corrected chi connectivity index (χ3v) is 3.36. The molecule has 1 N–H and O–H groups in total. The van der Waals surface area contributed by atoms with Crippen molar-refractivity contribution in [2.75, 3.05) is 12.4 Å². The van der Waals surface area contributed by atoms with Crippen LogP contribution in [0.2, 0.25) is 0 Å². The van der Waals surface area contributed by atoms with E-state index in [1.165, 1.54) is 0 Å². The van der Waals surface area contributed by atoms with Crippen LogP contribution in [-0.2, 0) is 4.79 Å². The van der Waals surface area contributed by atoms with E-state index in [-0.39, 0.29) is 5.91 Å². The van der Waals surface area contributed by atoms with Crippen molar-refractivity contribution >= 4 is 11.6 Å². The molecule has 0 radical (unpaired) electrons. The highest BCUT2D eigenvalue weighted by Gasteiger charge is 2.19. The van der Waals surface area contributed by atoms with Crippen molar-refractivity contribution < 1.29 is 14.3 Å². The van der Waals surface area contributed by atoms with Gasteiger partial charge in [0.2, 0.25) is 0 Å². The van der Waals surface area contributed by atoms with Gasteiger partial charge < -0.3 is 14.8 Å². The molecule has 2 aromatic carbocycles. The third-order valence-electron chi connectivity index (χ3n) is 3.36. The number of ether oxygens (including phenoxy) is 2. The summed E-state index contributed by atoms with van der Waals surface area (Å²) in [5.41, 5.74) is 1.70. The van der Waals surface area contributed by atoms with Gasteiger partial charge in [0.05, 0.1) is 7.11 Å². The normalized spacial score (nSPS) is 11.6. The molecule has 22 heavy (non-hydrogen) atoms. The lowest BCUT2D eigenvalue weighted by molar-refractivity contribution is -0.122. The molecular weight excluding hydrogens is 278 g/mol. The summed E-state index contributed by atoms with van der Waals surface area (Å²) in [5, 5.41) is 2.86. The van der Waals surface area contributed by atoms with Gasteiger partial charge >= 0.3 is 0 Å². The van der Waals surface area contributed by atoms with Crippen LogP contribution in [0.15, 0.2) is 48.5 Å². The van der Waals surface area contributed by atoms with Gasteiger partial charge in [0.1, 0.15) is 11.5 Å². The van der Waals surface area contributed by atoms with Crippen LogP contribution in [0.25, 0.3) is 0 Å². The van der Waals surface area contributed by atoms with Gasteiger partial charge in [-0.1, -0.05) is 31.2 Å². The maximum absolute atomic E-state index is 12.4. The van der Waals surface area contributed by atoms with Gasteiger partial charge in [-0.05, 0) is 37.1 Å². The zero-order valence-corrected chi connectivity index (χ0v) is 13.1. The van der Waals surface area contributed by atoms with E-state index in [2.05, 4.69) is 5.32 Å². The predicted molar refractivity (Wildman–Crippen MR) is 87.5 cm³/mol. The van der Waals surface area contributed by atoms with Crippen LogP contribution < -0.4 is 14.8 Å². The average molecular weight is 299 g/mol. The molecule has 0 saturated heterocycles. The lowest BCUT2D eigenvalue weighted by atomic mass is 10.2. The van der Waals surface area contributed by atoms with Gasteiger partial charge in [-0.2, -0.15) is 0 Å². The Labute approximate surface area is 131 Å². The number of hydrogen-bond acceptors (Lipinski definition) is 3. The van der Waals surface area contributed by atoms with E-state index >= 15 is 0 Å². The Hall–Kier alpha value is -2.49. The van der Waals surface area contributed by atoms with Crippen molar-refractivity contribution in [2.24, 2.45) is 0 Å². The Balaban J connectivity index is 2.07. The van der Waals surface area contributed by atoms with E-state index in [9.17, 15) is 4.79 Å². The number of amides is 1. The molecule has 0 unspecified atom stereocenters. The summed E-state index contributed by atoms with van der Waals surface area (Å²) in [5.74, 6) is 1.26. The molecule has 0 aromatic heterocycles. The quantitative estimate of drug-likeness (QED) is 0.882. The first kappa shape index (κ1) is 15.9. The lowest BCUT2D eigenvalue weighted by Crippen LogP contribution is -2.32. The zero-order chi connectivity index (χ0) is 15.9. The number of rotatable bonds is 6. The Morgan fingerprint density at radius 2 is 1.95 bits per heavy atom. The van der Waals surface area contributed by atoms with E-state index in [1.807, 2.05) is 56.3 Å². The number of para-hydroxylation sites is 1. The van der Waals surface area contributed by atoms with Gasteiger partial charge in [-0.3, -0.25) is 4.79 Å². The number of methoxy groups -OCH3 is 1. The van der Waals surface area contributed by atoms with Gasteiger partial charge in [0, 0.05) is 11.8 Å². The minimum absolute atomic E-state index is 0.168. The molecule has 0 bridgehead atoms. The summed E-state index contributed by atoms with van der Waals surface area (Å²) in [6, 6.07) is 14.9. The topological polar surface area (TPSA) is 47.6 Å². The van der Waals surface area contributed by atoms with Crippen molar-refractivity contribution in [1.82, 2.24) is 0 Å². The highest BCUT2D eigenvalue weighted by atomic mass is 16.5. The van der Waals surface area contributed by atoms with Crippen LogP contribution in [0, 0.1) is 6.92 Å². The van der Waals surface area contributed by atoms with Crippen LogP contribution in [0.4, 0.5) is 5.69 Å². The molecule has 0 aliphatic carbocycles. The molecule has 0 aliphatic rings. The first-order chi connectivity index (χ1) is 10.6. The van der Waals surface area contributed by atoms with Crippen LogP contribution in [0.3, 0.4) is 0 Å². The van der Waals surface area contributed by atoms with Crippen molar-refractivity contribution in [3.63, 3.8) is 0 Å². The number of nitrogens with one attached hydrogen (secondary N) is 1. The number of anilines is 1. The Morgan fingerprint density at radius 3 is 2.64 bits per heavy atom. The molecule has 0 heterocycles. The molecule has 2 aromatic rings. The minimum Gasteiger partial charge on any atom is -0.497 e. The monoisotopic (exact) mass is 299 g/mol. The van der Waals surface area contributed by atoms with E-state index in [4.69, 9.17) is 9.47 Å². The molecule has 0 spiro atoms. The second-order valence-corrected chi connectivity index (χ2v) is 5.00. The van der Waals surface area contributed by atoms with E-state index in [0.717, 1.165) is 11.3 Å². The average Bonchev–Trinajstić information content (AvgIpc) is 2.54. The number of carbonyl (C=O) groups excluding carboxylic acids is 1. The summed E-state index contributed by atoms with van der Waals surface area (Å²) in [4.78, 5) is 12.4. The molecule has 116 valence electrons. The Bertz CT molecular complexity index is 640. The van der Waals surface area contributed by atoms with E-state index < -0.39 is 6.10 Å². The van der Waals surface area contributed by atoms with Crippen LogP contribution in [0.1, 0.15) is 18.9 Å². The fourth-order valence-electron chi connectivity index (χ4n) is 2.09. The van der Waals surface area contributed by atoms with Crippen LogP contribution in [-0.4, -0.2) is 19.1 Å². The van der Waals surface area contributed by atoms with Gasteiger partial charge in [-0.25, -0.2) is 0 Å². The maximum atomic E-state index is 12.4. The first-order valence-electron chi connectivity index (χ1n) is 7.31. The number of carbonyl (C=O) groups is 1. The molecule has 4 heteroatoms. The second kappa shape index (κ2) is 7.50. The van der Waals surface area contributed by atoms with Crippen LogP contribution in [0.5, 0.6) is 11.5 Å². The Morgan fingerprint density at radius 1 is 1.18 bits per heavy atom. The van der Waals surface area contributed by atoms with Crippen LogP contribution >= 0.6 is 0 Å². The lowest BCUT2D eigenvalue weighted by Gasteiger charge is -2.18. The fraction of sp³-hybridized carbons (Fsp3) is 0.278. The third kappa shape index (κ3) is 4.01. The molecule has 2 rings (SSSR count). The van der Waals surface area contributed by atoms with Crippen molar-refractivity contribution in [1.29, 1.82) is 0 Å². The molecular formula is C18H21NO3. The SMILES string of the molecule is CC[C@@H](Oc1ccccc1C)C(=O)Nc1cccc(OC)c1. The number of benzene rings is 2. The van der Waals surface area contributed by atoms with E-state index in [0.29, 0.717) is 17.9 Å². The van der Waals surface area contributed by atoms with Crippen molar-refractivity contribution in [3.05, 3.63) is 54.1 Å². The summed E-state index contributed by atoms with van der Waals surface area (Å²) in [7, 11) is 1.59. The molecule has 0 fully saturated rings. The van der Waals surface area contributed by atoms with E-state index in [1.54, 1.807) is 13.2 Å². The smallest absolute Gasteiger partial charge is 0.265 e. The Kier molecular flexibility index (Phi) is 5.42. The predicted octanol–water partition coefficient (Wildman–Crippen LogP) is 3.80. The zero-order valence-electron chi connectivity index (χ0n) is 13.1. The molecule has 0 aliphatic heterocycles. The largest absolute Gasteiger partial charge is 0.497 e. The maximum Gasteiger partial charge on any atom is 0.265 e. The number of aryl methyl sites for hydroxylation is 1. The molecule has 1 amide bonds.